The van der Waals surface area contributed by atoms with E-state index in [0.29, 0.717) is 0 Å². The first kappa shape index (κ1) is 25.5. The zero-order chi connectivity index (χ0) is 10.2. The highest BCUT2D eigenvalue weighted by molar-refractivity contribution is 5.75. The van der Waals surface area contributed by atoms with Gasteiger partial charge in [0.05, 0.1) is 26.2 Å². The van der Waals surface area contributed by atoms with Crippen LogP contribution in [-0.4, -0.2) is 48.0 Å². The predicted molar refractivity (Wildman–Crippen MR) is 73.3 cm³/mol. The van der Waals surface area contributed by atoms with Gasteiger partial charge < -0.3 is 16.9 Å². The minimum Gasteiger partial charge on any atom is -1.00 e. The highest BCUT2D eigenvalue weighted by atomic mass is 35.5. The topological polar surface area (TPSA) is 0 Å². The van der Waals surface area contributed by atoms with Gasteiger partial charge in [0, 0.05) is 0 Å². The van der Waals surface area contributed by atoms with Crippen LogP contribution in [0.5, 0.6) is 0 Å². The molecule has 0 saturated carbocycles. The molecule has 0 bridgehead atoms. The molecule has 0 atom stereocenters. The minimum atomic E-state index is 0. The van der Waals surface area contributed by atoms with Crippen molar-refractivity contribution in [3.05, 3.63) is 0 Å². The number of nitrogens with zero attached hydrogens (tertiary/aromatic N) is 1. The van der Waals surface area contributed by atoms with Crippen LogP contribution in [0, 0.1) is 0 Å². The Morgan fingerprint density at radius 3 is 0.938 bits per heavy atom. The van der Waals surface area contributed by atoms with E-state index in [0.717, 1.165) is 0 Å². The molecule has 0 fully saturated rings. The molecule has 0 saturated heterocycles. The van der Waals surface area contributed by atoms with Crippen LogP contribution in [0.4, 0.5) is 4.70 Å². The van der Waals surface area contributed by atoms with E-state index in [4.69, 9.17) is 0 Å². The lowest BCUT2D eigenvalue weighted by atomic mass is 10.2. The van der Waals surface area contributed by atoms with E-state index in [2.05, 4.69) is 27.7 Å². The fourth-order valence-corrected chi connectivity index (χ4v) is 2.57. The van der Waals surface area contributed by atoms with Crippen LogP contribution in [0.2, 0.25) is 0 Å². The van der Waals surface area contributed by atoms with Crippen LogP contribution < -0.4 is 12.4 Å². The standard InChI is InChI=1S/C12H28N.Al.ClH.FH.3H/c1-5-9-13(10-6-2,11-7-3)12-8-4;;;;;;/h5-12H2,1-4H3;;2*1H;;;/q+1;;;;;;/p-1. The average molecular weight is 272 g/mol. The third-order valence-corrected chi connectivity index (χ3v) is 2.79. The van der Waals surface area contributed by atoms with Gasteiger partial charge in [-0.15, -0.1) is 0 Å². The van der Waals surface area contributed by atoms with Crippen LogP contribution in [0.15, 0.2) is 0 Å². The smallest absolute Gasteiger partial charge is 0.187 e. The second kappa shape index (κ2) is 15.7. The molecule has 0 aromatic carbocycles. The number of hydrogen-bond acceptors (Lipinski definition) is 0. The molecule has 0 heterocycles. The van der Waals surface area contributed by atoms with Gasteiger partial charge >= 0.3 is 0 Å². The van der Waals surface area contributed by atoms with Crippen LogP contribution in [0.25, 0.3) is 0 Å². The molecule has 0 aliphatic heterocycles. The molecule has 0 aliphatic carbocycles. The molecule has 4 heteroatoms. The lowest BCUT2D eigenvalue weighted by Crippen LogP contribution is -3.00. The monoisotopic (exact) mass is 271 g/mol. The number of hydrogen-bond donors (Lipinski definition) is 0. The van der Waals surface area contributed by atoms with E-state index in [9.17, 15) is 0 Å². The first-order valence-corrected chi connectivity index (χ1v) is 6.09. The fraction of sp³-hybridized carbons (Fsp3) is 1.00. The van der Waals surface area contributed by atoms with E-state index in [-0.39, 0.29) is 34.5 Å². The molecule has 0 aliphatic rings. The van der Waals surface area contributed by atoms with Gasteiger partial charge in [0.25, 0.3) is 0 Å². The molecule has 16 heavy (non-hydrogen) atoms. The van der Waals surface area contributed by atoms with Crippen molar-refractivity contribution in [1.82, 2.24) is 0 Å². The van der Waals surface area contributed by atoms with Crippen molar-refractivity contribution in [1.29, 1.82) is 0 Å². The summed E-state index contributed by atoms with van der Waals surface area (Å²) in [6.45, 7) is 14.8. The van der Waals surface area contributed by atoms with Gasteiger partial charge in [0.15, 0.2) is 17.4 Å². The predicted octanol–water partition coefficient (Wildman–Crippen LogP) is -0.584. The molecular formula is C12H32AlClFN. The van der Waals surface area contributed by atoms with E-state index in [1.807, 2.05) is 0 Å². The summed E-state index contributed by atoms with van der Waals surface area (Å²) in [5, 5.41) is 0. The zero-order valence-electron chi connectivity index (χ0n) is 10.9. The van der Waals surface area contributed by atoms with Crippen molar-refractivity contribution >= 4 is 17.4 Å². The maximum Gasteiger partial charge on any atom is 0.187 e. The molecule has 0 aromatic rings. The van der Waals surface area contributed by atoms with Crippen molar-refractivity contribution < 1.29 is 21.6 Å². The Hall–Kier alpha value is 0.712. The summed E-state index contributed by atoms with van der Waals surface area (Å²) in [4.78, 5) is 0. The SMILES string of the molecule is CCC[N+](CCC)(CCC)CCC.F.[AlH3].[Cl-]. The molecule has 0 rings (SSSR count). The van der Waals surface area contributed by atoms with Gasteiger partial charge in [0.1, 0.15) is 0 Å². The van der Waals surface area contributed by atoms with Crippen LogP contribution in [-0.2, 0) is 0 Å². The van der Waals surface area contributed by atoms with Gasteiger partial charge in [-0.3, -0.25) is 4.70 Å². The molecule has 102 valence electrons. The van der Waals surface area contributed by atoms with Gasteiger partial charge in [-0.2, -0.15) is 0 Å². The molecule has 1 nitrogen and oxygen atoms in total. The normalized spacial score (nSPS) is 9.75. The van der Waals surface area contributed by atoms with E-state index in [1.54, 1.807) is 0 Å². The zero-order valence-corrected chi connectivity index (χ0v) is 11.6. The summed E-state index contributed by atoms with van der Waals surface area (Å²) in [5.74, 6) is 0. The van der Waals surface area contributed by atoms with Crippen LogP contribution in [0.1, 0.15) is 53.4 Å². The molecule has 0 aromatic heterocycles. The number of rotatable bonds is 8. The quantitative estimate of drug-likeness (QED) is 0.409. The third kappa shape index (κ3) is 9.90. The summed E-state index contributed by atoms with van der Waals surface area (Å²) in [6.07, 6.45) is 5.33. The fourth-order valence-electron chi connectivity index (χ4n) is 2.57. The average Bonchev–Trinajstić information content (AvgIpc) is 2.06. The molecule has 0 radical (unpaired) electrons. The van der Waals surface area contributed by atoms with Crippen molar-refractivity contribution in [3.63, 3.8) is 0 Å². The number of quaternary nitrogens is 1. The Morgan fingerprint density at radius 2 is 0.812 bits per heavy atom. The van der Waals surface area contributed by atoms with Crippen LogP contribution >= 0.6 is 0 Å². The Bertz CT molecular complexity index is 96.1. The van der Waals surface area contributed by atoms with Crippen LogP contribution in [0.3, 0.4) is 0 Å². The second-order valence-corrected chi connectivity index (χ2v) is 4.24. The summed E-state index contributed by atoms with van der Waals surface area (Å²) >= 11 is 0. The largest absolute Gasteiger partial charge is 1.00 e. The molecule has 0 N–H and O–H groups in total. The van der Waals surface area contributed by atoms with E-state index >= 15 is 0 Å². The lowest BCUT2D eigenvalue weighted by Gasteiger charge is -2.38. The van der Waals surface area contributed by atoms with Gasteiger partial charge in [-0.25, -0.2) is 0 Å². The molecule has 0 unspecified atom stereocenters. The Labute approximate surface area is 118 Å². The van der Waals surface area contributed by atoms with Crippen molar-refractivity contribution in [2.24, 2.45) is 0 Å². The lowest BCUT2D eigenvalue weighted by molar-refractivity contribution is -0.928. The highest BCUT2D eigenvalue weighted by Crippen LogP contribution is 2.12. The summed E-state index contributed by atoms with van der Waals surface area (Å²) in [7, 11) is 0. The maximum absolute atomic E-state index is 2.31. The first-order chi connectivity index (χ1) is 6.24. The Kier molecular flexibility index (Phi) is 25.1. The second-order valence-electron chi connectivity index (χ2n) is 4.24. The van der Waals surface area contributed by atoms with E-state index < -0.39 is 0 Å². The van der Waals surface area contributed by atoms with Crippen molar-refractivity contribution in [2.75, 3.05) is 26.2 Å². The Balaban J connectivity index is -0.000000240. The van der Waals surface area contributed by atoms with E-state index in [1.165, 1.54) is 56.3 Å². The summed E-state index contributed by atoms with van der Waals surface area (Å²) in [6, 6.07) is 0. The number of halogens is 2. The molecule has 0 amide bonds. The summed E-state index contributed by atoms with van der Waals surface area (Å²) in [5.41, 5.74) is 0. The Morgan fingerprint density at radius 1 is 0.625 bits per heavy atom. The minimum absolute atomic E-state index is 0. The highest BCUT2D eigenvalue weighted by Gasteiger charge is 2.22. The maximum atomic E-state index is 2.31. The van der Waals surface area contributed by atoms with Gasteiger partial charge in [-0.05, 0) is 25.7 Å². The van der Waals surface area contributed by atoms with Crippen molar-refractivity contribution in [3.8, 4) is 0 Å². The van der Waals surface area contributed by atoms with Crippen molar-refractivity contribution in [2.45, 2.75) is 53.4 Å². The van der Waals surface area contributed by atoms with Gasteiger partial charge in [-0.1, -0.05) is 27.7 Å². The summed E-state index contributed by atoms with van der Waals surface area (Å²) < 4.78 is 1.38. The molecular weight excluding hydrogens is 240 g/mol. The third-order valence-electron chi connectivity index (χ3n) is 2.79. The molecule has 0 spiro atoms. The first-order valence-electron chi connectivity index (χ1n) is 6.09. The van der Waals surface area contributed by atoms with Gasteiger partial charge in [0.2, 0.25) is 0 Å².